The van der Waals surface area contributed by atoms with E-state index in [1.165, 1.54) is 11.1 Å². The lowest BCUT2D eigenvalue weighted by Gasteiger charge is -2.30. The molecule has 2 amide bonds. The van der Waals surface area contributed by atoms with Crippen LogP contribution in [0.5, 0.6) is 0 Å². The summed E-state index contributed by atoms with van der Waals surface area (Å²) in [6.07, 6.45) is 6.64. The quantitative estimate of drug-likeness (QED) is 0.572. The molecule has 2 aromatic heterocycles. The van der Waals surface area contributed by atoms with Gasteiger partial charge in [-0.05, 0) is 30.0 Å². The number of nitrogens with one attached hydrogen (secondary N) is 2. The summed E-state index contributed by atoms with van der Waals surface area (Å²) in [4.78, 5) is 38.7. The van der Waals surface area contributed by atoms with Gasteiger partial charge in [0.05, 0.1) is 30.3 Å². The molecule has 1 fully saturated rings. The largest absolute Gasteiger partial charge is 0.418 e. The molecule has 0 saturated carbocycles. The van der Waals surface area contributed by atoms with Gasteiger partial charge in [0, 0.05) is 42.8 Å². The third-order valence-electron chi connectivity index (χ3n) is 5.57. The summed E-state index contributed by atoms with van der Waals surface area (Å²) < 4.78 is 5.68. The smallest absolute Gasteiger partial charge is 0.305 e. The molecule has 0 atom stereocenters. The van der Waals surface area contributed by atoms with Crippen LogP contribution in [0.25, 0.3) is 0 Å². The van der Waals surface area contributed by atoms with Crippen molar-refractivity contribution in [3.8, 4) is 0 Å². The Bertz CT molecular complexity index is 1170. The zero-order chi connectivity index (χ0) is 22.1. The van der Waals surface area contributed by atoms with Gasteiger partial charge in [0.2, 0.25) is 5.76 Å². The summed E-state index contributed by atoms with van der Waals surface area (Å²) in [5.74, 6) is -0.594. The van der Waals surface area contributed by atoms with E-state index in [-0.39, 0.29) is 17.7 Å². The van der Waals surface area contributed by atoms with Gasteiger partial charge in [0.1, 0.15) is 0 Å². The molecular weight excluding hydrogens is 428 g/mol. The first-order chi connectivity index (χ1) is 15.6. The second-order valence-corrected chi connectivity index (χ2v) is 8.39. The van der Waals surface area contributed by atoms with Gasteiger partial charge in [-0.25, -0.2) is 4.98 Å². The van der Waals surface area contributed by atoms with Crippen LogP contribution in [0.4, 0.5) is 17.4 Å². The Morgan fingerprint density at radius 1 is 1.22 bits per heavy atom. The number of amides is 2. The van der Waals surface area contributed by atoms with Crippen LogP contribution in [-0.4, -0.2) is 54.2 Å². The molecule has 0 bridgehead atoms. The molecule has 1 saturated heterocycles. The highest BCUT2D eigenvalue weighted by atomic mass is 32.2. The van der Waals surface area contributed by atoms with Crippen LogP contribution < -0.4 is 20.4 Å². The van der Waals surface area contributed by atoms with E-state index in [2.05, 4.69) is 25.5 Å². The van der Waals surface area contributed by atoms with Crippen LogP contribution >= 0.6 is 11.8 Å². The Kier molecular flexibility index (Phi) is 5.54. The molecule has 2 N–H and O–H groups in total. The highest BCUT2D eigenvalue weighted by molar-refractivity contribution is 7.98. The van der Waals surface area contributed by atoms with Gasteiger partial charge in [-0.1, -0.05) is 6.07 Å². The van der Waals surface area contributed by atoms with E-state index in [1.54, 1.807) is 24.2 Å². The Hall–Kier alpha value is -3.37. The number of carbonyl (C=O) groups excluding carboxylic acids is 2. The highest BCUT2D eigenvalue weighted by Gasteiger charge is 2.32. The van der Waals surface area contributed by atoms with E-state index in [9.17, 15) is 9.59 Å². The number of benzene rings is 1. The Balaban J connectivity index is 1.33. The molecule has 10 heteroatoms. The number of oxazole rings is 1. The third-order valence-corrected chi connectivity index (χ3v) is 6.30. The predicted molar refractivity (Wildman–Crippen MR) is 123 cm³/mol. The van der Waals surface area contributed by atoms with Gasteiger partial charge in [0.15, 0.2) is 0 Å². The molecule has 0 unspecified atom stereocenters. The molecule has 164 valence electrons. The van der Waals surface area contributed by atoms with Crippen molar-refractivity contribution in [1.82, 2.24) is 15.3 Å². The lowest BCUT2D eigenvalue weighted by molar-refractivity contribution is 0.0974. The lowest BCUT2D eigenvalue weighted by Crippen LogP contribution is -2.43. The Morgan fingerprint density at radius 2 is 2.06 bits per heavy atom. The first-order valence-electron chi connectivity index (χ1n) is 10.3. The second kappa shape index (κ2) is 8.64. The number of piperazine rings is 1. The summed E-state index contributed by atoms with van der Waals surface area (Å²) in [7, 11) is 0. The summed E-state index contributed by atoms with van der Waals surface area (Å²) >= 11 is 1.58. The van der Waals surface area contributed by atoms with E-state index in [1.807, 2.05) is 30.5 Å². The maximum absolute atomic E-state index is 12.9. The van der Waals surface area contributed by atoms with E-state index in [0.29, 0.717) is 17.8 Å². The number of hydrogen-bond donors (Lipinski definition) is 2. The molecule has 2 aliphatic rings. The van der Waals surface area contributed by atoms with Gasteiger partial charge in [-0.2, -0.15) is 0 Å². The number of thioether (sulfide) groups is 1. The normalized spacial score (nSPS) is 15.7. The van der Waals surface area contributed by atoms with Gasteiger partial charge < -0.3 is 20.0 Å². The molecule has 1 aromatic carbocycles. The van der Waals surface area contributed by atoms with Crippen LogP contribution in [0.1, 0.15) is 26.5 Å². The average Bonchev–Trinajstić information content (AvgIpc) is 3.45. The van der Waals surface area contributed by atoms with Crippen LogP contribution in [-0.2, 0) is 6.54 Å². The summed E-state index contributed by atoms with van der Waals surface area (Å²) in [6, 6.07) is 7.79. The number of anilines is 3. The molecule has 0 spiro atoms. The fourth-order valence-electron chi connectivity index (χ4n) is 3.91. The molecule has 5 rings (SSSR count). The molecule has 0 aliphatic carbocycles. The fourth-order valence-corrected chi connectivity index (χ4v) is 4.34. The summed E-state index contributed by atoms with van der Waals surface area (Å²) in [6.45, 7) is 3.81. The fraction of sp³-hybridized carbons (Fsp3) is 0.273. The third kappa shape index (κ3) is 3.82. The van der Waals surface area contributed by atoms with Crippen molar-refractivity contribution in [1.29, 1.82) is 0 Å². The van der Waals surface area contributed by atoms with E-state index < -0.39 is 5.91 Å². The molecule has 4 heterocycles. The lowest BCUT2D eigenvalue weighted by atomic mass is 10.1. The molecule has 9 nitrogen and oxygen atoms in total. The van der Waals surface area contributed by atoms with Crippen LogP contribution in [0.15, 0.2) is 52.2 Å². The number of pyridine rings is 1. The summed E-state index contributed by atoms with van der Waals surface area (Å²) in [5.41, 5.74) is 3.06. The van der Waals surface area contributed by atoms with Crippen molar-refractivity contribution < 1.29 is 14.0 Å². The van der Waals surface area contributed by atoms with Crippen molar-refractivity contribution in [2.45, 2.75) is 11.4 Å². The molecule has 3 aromatic rings. The van der Waals surface area contributed by atoms with Crippen LogP contribution in [0.3, 0.4) is 0 Å². The number of hydrogen-bond acceptors (Lipinski definition) is 8. The van der Waals surface area contributed by atoms with Crippen molar-refractivity contribution in [3.63, 3.8) is 0 Å². The minimum absolute atomic E-state index is 0.0312. The molecule has 0 radical (unpaired) electrons. The zero-order valence-corrected chi connectivity index (χ0v) is 18.3. The Morgan fingerprint density at radius 3 is 2.88 bits per heavy atom. The SMILES string of the molecule is CSc1ccc2c(c1)C(=O)N(c1ncc(C(=O)Nc3cnccc3N3CCNCC3)o1)C2. The topological polar surface area (TPSA) is 104 Å². The van der Waals surface area contributed by atoms with Crippen molar-refractivity contribution in [2.24, 2.45) is 0 Å². The number of nitrogens with zero attached hydrogens (tertiary/aromatic N) is 4. The number of carbonyl (C=O) groups is 2. The monoisotopic (exact) mass is 450 g/mol. The molecule has 2 aliphatic heterocycles. The minimum atomic E-state index is -0.443. The van der Waals surface area contributed by atoms with Crippen molar-refractivity contribution in [2.75, 3.05) is 47.6 Å². The first kappa shape index (κ1) is 20.5. The summed E-state index contributed by atoms with van der Waals surface area (Å²) in [5, 5.41) is 6.18. The molecular formula is C22H22N6O3S. The van der Waals surface area contributed by atoms with E-state index in [4.69, 9.17) is 4.42 Å². The van der Waals surface area contributed by atoms with Gasteiger partial charge in [-0.3, -0.25) is 19.5 Å². The van der Waals surface area contributed by atoms with Crippen molar-refractivity contribution >= 4 is 41.0 Å². The average molecular weight is 451 g/mol. The number of aromatic nitrogens is 2. The minimum Gasteiger partial charge on any atom is -0.418 e. The van der Waals surface area contributed by atoms with Crippen LogP contribution in [0.2, 0.25) is 0 Å². The highest BCUT2D eigenvalue weighted by Crippen LogP contribution is 2.31. The maximum Gasteiger partial charge on any atom is 0.305 e. The van der Waals surface area contributed by atoms with E-state index >= 15 is 0 Å². The van der Waals surface area contributed by atoms with Crippen LogP contribution in [0, 0.1) is 0 Å². The van der Waals surface area contributed by atoms with Crippen molar-refractivity contribution in [3.05, 3.63) is 59.7 Å². The Labute approximate surface area is 189 Å². The molecule has 32 heavy (non-hydrogen) atoms. The number of fused-ring (bicyclic) bond motifs is 1. The van der Waals surface area contributed by atoms with Gasteiger partial charge in [-0.15, -0.1) is 11.8 Å². The van der Waals surface area contributed by atoms with Gasteiger partial charge in [0.25, 0.3) is 11.8 Å². The zero-order valence-electron chi connectivity index (χ0n) is 17.5. The second-order valence-electron chi connectivity index (χ2n) is 7.51. The number of rotatable bonds is 5. The van der Waals surface area contributed by atoms with Gasteiger partial charge >= 0.3 is 6.01 Å². The maximum atomic E-state index is 12.9. The van der Waals surface area contributed by atoms with E-state index in [0.717, 1.165) is 42.3 Å². The predicted octanol–water partition coefficient (Wildman–Crippen LogP) is 2.61. The first-order valence-corrected chi connectivity index (χ1v) is 11.5. The standard InChI is InChI=1S/C22H22N6O3S/c1-32-15-3-2-14-13-28(21(30)16(14)10-15)22-25-12-19(31-22)20(29)26-17-11-24-5-4-18(17)27-8-6-23-7-9-27/h2-5,10-12,23H,6-9,13H2,1H3,(H,26,29).